The summed E-state index contributed by atoms with van der Waals surface area (Å²) in [5, 5.41) is 26.1. The molecule has 0 radical (unpaired) electrons. The first kappa shape index (κ1) is 22.2. The Bertz CT molecular complexity index is 1270. The van der Waals surface area contributed by atoms with Gasteiger partial charge in [0.25, 0.3) is 29.1 Å². The largest absolute Gasteiger partial charge is 0.344 e. The van der Waals surface area contributed by atoms with E-state index in [9.17, 15) is 34.6 Å². The van der Waals surface area contributed by atoms with Crippen LogP contribution >= 0.6 is 0 Å². The fourth-order valence-electron chi connectivity index (χ4n) is 4.23. The fourth-order valence-corrected chi connectivity index (χ4v) is 4.23. The number of ether oxygens (including phenoxy) is 2. The minimum atomic E-state index is -0.943. The molecule has 3 heterocycles. The molecule has 35 heavy (non-hydrogen) atoms. The molecule has 3 amide bonds. The molecule has 14 nitrogen and oxygen atoms in total. The molecule has 3 aliphatic rings. The summed E-state index contributed by atoms with van der Waals surface area (Å²) in [6.07, 6.45) is -1.46. The molecule has 2 bridgehead atoms. The van der Waals surface area contributed by atoms with Crippen LogP contribution in [-0.4, -0.2) is 63.2 Å². The van der Waals surface area contributed by atoms with E-state index in [0.717, 1.165) is 23.1 Å². The minimum absolute atomic E-state index is 0.0518. The molecule has 14 heteroatoms. The molecule has 0 spiro atoms. The Hall–Kier alpha value is -4.56. The maximum atomic E-state index is 12.9. The Balaban J connectivity index is 1.38. The van der Waals surface area contributed by atoms with Crippen LogP contribution in [0, 0.1) is 20.2 Å². The Morgan fingerprint density at radius 2 is 1.63 bits per heavy atom. The summed E-state index contributed by atoms with van der Waals surface area (Å²) < 4.78 is 11.3. The molecule has 2 aromatic rings. The van der Waals surface area contributed by atoms with Gasteiger partial charge in [-0.1, -0.05) is 12.1 Å². The van der Waals surface area contributed by atoms with Crippen molar-refractivity contribution in [2.24, 2.45) is 5.10 Å². The SMILES string of the molecule is O=C(N/N=C1\C[C@@H](N2C(=O)c3ccccc3C2=O)[C@@H]2CO[C@H]1O2)c1cc([N+](=O)[O-])cc([N+](=O)[O-])c1. The lowest BCUT2D eigenvalue weighted by Crippen LogP contribution is -2.52. The first-order valence-electron chi connectivity index (χ1n) is 10.3. The Morgan fingerprint density at radius 3 is 2.20 bits per heavy atom. The highest BCUT2D eigenvalue weighted by atomic mass is 16.7. The number of nitro groups is 2. The van der Waals surface area contributed by atoms with Gasteiger partial charge < -0.3 is 9.47 Å². The van der Waals surface area contributed by atoms with Gasteiger partial charge in [0.1, 0.15) is 6.10 Å². The molecule has 0 aromatic heterocycles. The summed E-state index contributed by atoms with van der Waals surface area (Å²) in [6.45, 7) is 0.0901. The second-order valence-corrected chi connectivity index (χ2v) is 7.93. The average molecular weight is 481 g/mol. The molecule has 2 saturated heterocycles. The van der Waals surface area contributed by atoms with Crippen molar-refractivity contribution in [3.63, 3.8) is 0 Å². The summed E-state index contributed by atoms with van der Waals surface area (Å²) in [5.41, 5.74) is 1.30. The normalized spacial score (nSPS) is 23.9. The van der Waals surface area contributed by atoms with Gasteiger partial charge in [-0.15, -0.1) is 0 Å². The van der Waals surface area contributed by atoms with Crippen LogP contribution in [-0.2, 0) is 9.47 Å². The lowest BCUT2D eigenvalue weighted by Gasteiger charge is -2.33. The number of non-ortho nitro benzene ring substituents is 2. The maximum Gasteiger partial charge on any atom is 0.277 e. The van der Waals surface area contributed by atoms with Crippen molar-refractivity contribution in [1.82, 2.24) is 10.3 Å². The van der Waals surface area contributed by atoms with Gasteiger partial charge in [-0.25, -0.2) is 5.43 Å². The average Bonchev–Trinajstić information content (AvgIpc) is 3.38. The van der Waals surface area contributed by atoms with Crippen molar-refractivity contribution in [2.75, 3.05) is 6.61 Å². The van der Waals surface area contributed by atoms with Crippen molar-refractivity contribution >= 4 is 34.8 Å². The third-order valence-corrected chi connectivity index (χ3v) is 5.87. The summed E-state index contributed by atoms with van der Waals surface area (Å²) in [4.78, 5) is 59.9. The quantitative estimate of drug-likeness (QED) is 0.374. The molecule has 178 valence electrons. The van der Waals surface area contributed by atoms with Crippen LogP contribution in [0.3, 0.4) is 0 Å². The van der Waals surface area contributed by atoms with Crippen LogP contribution in [0.25, 0.3) is 0 Å². The highest BCUT2D eigenvalue weighted by Gasteiger charge is 2.50. The highest BCUT2D eigenvalue weighted by molar-refractivity contribution is 6.21. The topological polar surface area (TPSA) is 184 Å². The van der Waals surface area contributed by atoms with E-state index in [1.54, 1.807) is 24.3 Å². The molecule has 0 saturated carbocycles. The second kappa shape index (κ2) is 8.34. The van der Waals surface area contributed by atoms with Gasteiger partial charge in [-0.2, -0.15) is 5.10 Å². The van der Waals surface area contributed by atoms with Crippen LogP contribution in [0.4, 0.5) is 11.4 Å². The summed E-state index contributed by atoms with van der Waals surface area (Å²) in [5.74, 6) is -1.89. The van der Waals surface area contributed by atoms with Gasteiger partial charge in [0, 0.05) is 18.6 Å². The molecule has 2 aromatic carbocycles. The number of carbonyl (C=O) groups excluding carboxylic acids is 3. The number of hydrogen-bond acceptors (Lipinski definition) is 10. The minimum Gasteiger partial charge on any atom is -0.344 e. The molecular weight excluding hydrogens is 466 g/mol. The lowest BCUT2D eigenvalue weighted by atomic mass is 10.0. The van der Waals surface area contributed by atoms with Gasteiger partial charge in [0.15, 0.2) is 6.29 Å². The predicted octanol–water partition coefficient (Wildman–Crippen LogP) is 1.40. The number of hydrazone groups is 1. The maximum absolute atomic E-state index is 12.9. The molecule has 2 fully saturated rings. The zero-order valence-corrected chi connectivity index (χ0v) is 17.7. The van der Waals surface area contributed by atoms with E-state index in [0.29, 0.717) is 0 Å². The van der Waals surface area contributed by atoms with Gasteiger partial charge in [-0.05, 0) is 12.1 Å². The van der Waals surface area contributed by atoms with Crippen molar-refractivity contribution in [1.29, 1.82) is 0 Å². The number of imide groups is 1. The van der Waals surface area contributed by atoms with E-state index in [2.05, 4.69) is 10.5 Å². The van der Waals surface area contributed by atoms with Crippen LogP contribution < -0.4 is 5.43 Å². The number of fused-ring (bicyclic) bond motifs is 3. The van der Waals surface area contributed by atoms with Crippen molar-refractivity contribution in [3.8, 4) is 0 Å². The smallest absolute Gasteiger partial charge is 0.277 e. The molecule has 0 aliphatic carbocycles. The first-order valence-corrected chi connectivity index (χ1v) is 10.3. The number of rotatable bonds is 5. The number of hydrogen-bond donors (Lipinski definition) is 1. The Kier molecular flexibility index (Phi) is 5.30. The molecule has 1 N–H and O–H groups in total. The third kappa shape index (κ3) is 3.79. The molecular formula is C21H15N5O9. The lowest BCUT2D eigenvalue weighted by molar-refractivity contribution is -0.394. The second-order valence-electron chi connectivity index (χ2n) is 7.93. The van der Waals surface area contributed by atoms with Crippen molar-refractivity contribution in [2.45, 2.75) is 24.9 Å². The van der Waals surface area contributed by atoms with Crippen LogP contribution in [0.1, 0.15) is 37.5 Å². The number of nitrogens with zero attached hydrogens (tertiary/aromatic N) is 4. The summed E-state index contributed by atoms with van der Waals surface area (Å²) in [7, 11) is 0. The molecule has 5 rings (SSSR count). The van der Waals surface area contributed by atoms with E-state index in [-0.39, 0.29) is 35.4 Å². The number of nitro benzene ring substituents is 2. The van der Waals surface area contributed by atoms with Crippen molar-refractivity contribution < 1.29 is 33.7 Å². The van der Waals surface area contributed by atoms with E-state index in [1.807, 2.05) is 0 Å². The van der Waals surface area contributed by atoms with Gasteiger partial charge in [0.2, 0.25) is 0 Å². The first-order chi connectivity index (χ1) is 16.7. The summed E-state index contributed by atoms with van der Waals surface area (Å²) >= 11 is 0. The molecule has 3 aliphatic heterocycles. The Morgan fingerprint density at radius 1 is 1.03 bits per heavy atom. The van der Waals surface area contributed by atoms with Crippen LogP contribution in [0.5, 0.6) is 0 Å². The highest BCUT2D eigenvalue weighted by Crippen LogP contribution is 2.34. The van der Waals surface area contributed by atoms with Gasteiger partial charge in [0.05, 0.1) is 51.0 Å². The zero-order valence-electron chi connectivity index (χ0n) is 17.7. The molecule has 0 unspecified atom stereocenters. The number of amides is 3. The van der Waals surface area contributed by atoms with Gasteiger partial charge >= 0.3 is 0 Å². The number of carbonyl (C=O) groups is 3. The fraction of sp³-hybridized carbons (Fsp3) is 0.238. The Labute approximate surface area is 195 Å². The number of benzene rings is 2. The summed E-state index contributed by atoms with van der Waals surface area (Å²) in [6, 6.07) is 8.17. The monoisotopic (exact) mass is 481 g/mol. The van der Waals surface area contributed by atoms with E-state index >= 15 is 0 Å². The van der Waals surface area contributed by atoms with Crippen LogP contribution in [0.2, 0.25) is 0 Å². The zero-order chi connectivity index (χ0) is 24.9. The van der Waals surface area contributed by atoms with Gasteiger partial charge in [-0.3, -0.25) is 39.5 Å². The van der Waals surface area contributed by atoms with E-state index < -0.39 is 57.4 Å². The standard InChI is InChI=1S/C21H15N5O9/c27-18(10-5-11(25(30)31)7-12(6-10)26(32)33)23-22-15-8-16(17-9-34-21(15)35-17)24-19(28)13-3-1-2-4-14(13)20(24)29/h1-7,16-17,21H,8-9H2,(H,23,27)/b22-15+/t16-,17+,21+/m1/s1. The number of nitrogens with one attached hydrogen (secondary N) is 1. The van der Waals surface area contributed by atoms with Crippen LogP contribution in [0.15, 0.2) is 47.6 Å². The van der Waals surface area contributed by atoms with E-state index in [4.69, 9.17) is 9.47 Å². The third-order valence-electron chi connectivity index (χ3n) is 5.87. The van der Waals surface area contributed by atoms with Crippen molar-refractivity contribution in [3.05, 3.63) is 79.4 Å². The predicted molar refractivity (Wildman–Crippen MR) is 115 cm³/mol. The van der Waals surface area contributed by atoms with E-state index in [1.165, 1.54) is 0 Å². The molecule has 3 atom stereocenters.